The minimum atomic E-state index is -1.09. The molecule has 1 amide bonds. The number of halogens is 2. The second-order valence-corrected chi connectivity index (χ2v) is 4.91. The van der Waals surface area contributed by atoms with Crippen LogP contribution in [0, 0.1) is 5.82 Å². The monoisotopic (exact) mass is 337 g/mol. The first-order valence-electron chi connectivity index (χ1n) is 5.56. The fourth-order valence-electron chi connectivity index (χ4n) is 1.62. The van der Waals surface area contributed by atoms with E-state index in [9.17, 15) is 14.0 Å². The summed E-state index contributed by atoms with van der Waals surface area (Å²) in [6.45, 7) is 0. The molecule has 102 valence electrons. The minimum Gasteiger partial charge on any atom is -0.478 e. The number of nitrogens with one attached hydrogen (secondary N) is 1. The Balaban J connectivity index is 2.23. The normalized spacial score (nSPS) is 10.1. The first kappa shape index (κ1) is 14.2. The molecule has 0 saturated heterocycles. The van der Waals surface area contributed by atoms with Crippen LogP contribution in [0.15, 0.2) is 46.9 Å². The van der Waals surface area contributed by atoms with E-state index in [1.165, 1.54) is 30.3 Å². The molecular formula is C14H9BrFNO3. The zero-order valence-electron chi connectivity index (χ0n) is 10.1. The quantitative estimate of drug-likeness (QED) is 0.900. The van der Waals surface area contributed by atoms with Crippen LogP contribution in [0.4, 0.5) is 10.1 Å². The first-order chi connectivity index (χ1) is 9.45. The van der Waals surface area contributed by atoms with Crippen molar-refractivity contribution in [1.82, 2.24) is 0 Å². The second-order valence-electron chi connectivity index (χ2n) is 4.00. The predicted molar refractivity (Wildman–Crippen MR) is 75.5 cm³/mol. The van der Waals surface area contributed by atoms with Crippen molar-refractivity contribution >= 4 is 33.5 Å². The lowest BCUT2D eigenvalue weighted by molar-refractivity contribution is 0.0696. The van der Waals surface area contributed by atoms with Crippen molar-refractivity contribution in [2.45, 2.75) is 0 Å². The molecule has 2 N–H and O–H groups in total. The van der Waals surface area contributed by atoms with Crippen molar-refractivity contribution in [1.29, 1.82) is 0 Å². The van der Waals surface area contributed by atoms with Gasteiger partial charge in [-0.05, 0) is 36.4 Å². The van der Waals surface area contributed by atoms with Gasteiger partial charge in [0.05, 0.1) is 5.56 Å². The zero-order chi connectivity index (χ0) is 14.7. The summed E-state index contributed by atoms with van der Waals surface area (Å²) in [4.78, 5) is 22.8. The Hall–Kier alpha value is -2.21. The van der Waals surface area contributed by atoms with Gasteiger partial charge in [0.2, 0.25) is 0 Å². The molecule has 0 aliphatic carbocycles. The van der Waals surface area contributed by atoms with Gasteiger partial charge in [0.1, 0.15) is 5.82 Å². The van der Waals surface area contributed by atoms with Crippen LogP contribution in [0.5, 0.6) is 0 Å². The summed E-state index contributed by atoms with van der Waals surface area (Å²) < 4.78 is 13.7. The van der Waals surface area contributed by atoms with Crippen LogP contribution in [-0.4, -0.2) is 17.0 Å². The van der Waals surface area contributed by atoms with Crippen LogP contribution in [-0.2, 0) is 0 Å². The standard InChI is InChI=1S/C14H9BrFNO3/c15-10-4-9(5-11(16)7-10)13(18)17-12-3-1-2-8(6-12)14(19)20/h1-7H,(H,17,18)(H,19,20). The number of rotatable bonds is 3. The van der Waals surface area contributed by atoms with E-state index in [1.54, 1.807) is 6.07 Å². The molecule has 2 aromatic rings. The van der Waals surface area contributed by atoms with Crippen LogP contribution >= 0.6 is 15.9 Å². The van der Waals surface area contributed by atoms with Gasteiger partial charge in [0.25, 0.3) is 5.91 Å². The third-order valence-electron chi connectivity index (χ3n) is 2.49. The highest BCUT2D eigenvalue weighted by atomic mass is 79.9. The highest BCUT2D eigenvalue weighted by Gasteiger charge is 2.10. The number of hydrogen-bond acceptors (Lipinski definition) is 2. The molecule has 0 atom stereocenters. The molecule has 0 aliphatic rings. The van der Waals surface area contributed by atoms with Crippen LogP contribution in [0.3, 0.4) is 0 Å². The lowest BCUT2D eigenvalue weighted by Gasteiger charge is -2.06. The summed E-state index contributed by atoms with van der Waals surface area (Å²) in [5.74, 6) is -2.15. The van der Waals surface area contributed by atoms with Gasteiger partial charge in [-0.3, -0.25) is 4.79 Å². The molecule has 2 aromatic carbocycles. The van der Waals surface area contributed by atoms with Crippen molar-refractivity contribution < 1.29 is 19.1 Å². The third kappa shape index (κ3) is 3.42. The molecule has 0 saturated carbocycles. The van der Waals surface area contributed by atoms with Gasteiger partial charge in [0, 0.05) is 15.7 Å². The Bertz CT molecular complexity index is 668. The second kappa shape index (κ2) is 5.83. The Morgan fingerprint density at radius 3 is 2.50 bits per heavy atom. The molecule has 0 heterocycles. The Kier molecular flexibility index (Phi) is 4.14. The smallest absolute Gasteiger partial charge is 0.335 e. The summed E-state index contributed by atoms with van der Waals surface area (Å²) in [6, 6.07) is 9.62. The number of amides is 1. The number of anilines is 1. The van der Waals surface area contributed by atoms with Gasteiger partial charge < -0.3 is 10.4 Å². The number of hydrogen-bond donors (Lipinski definition) is 2. The van der Waals surface area contributed by atoms with Crippen LogP contribution in [0.25, 0.3) is 0 Å². The number of carboxylic acid groups (broad SMARTS) is 1. The van der Waals surface area contributed by atoms with Gasteiger partial charge >= 0.3 is 5.97 Å². The van der Waals surface area contributed by atoms with E-state index >= 15 is 0 Å². The maximum Gasteiger partial charge on any atom is 0.335 e. The van der Waals surface area contributed by atoms with E-state index in [0.717, 1.165) is 6.07 Å². The number of aromatic carboxylic acids is 1. The van der Waals surface area contributed by atoms with Gasteiger partial charge in [-0.15, -0.1) is 0 Å². The summed E-state index contributed by atoms with van der Waals surface area (Å²) in [5, 5.41) is 11.4. The number of carbonyl (C=O) groups is 2. The average molecular weight is 338 g/mol. The molecule has 0 fully saturated rings. The topological polar surface area (TPSA) is 66.4 Å². The molecule has 0 spiro atoms. The Morgan fingerprint density at radius 1 is 1.10 bits per heavy atom. The summed E-state index contributed by atoms with van der Waals surface area (Å²) in [6.07, 6.45) is 0. The Morgan fingerprint density at radius 2 is 1.85 bits per heavy atom. The molecule has 0 bridgehead atoms. The molecule has 0 aliphatic heterocycles. The maximum atomic E-state index is 13.2. The van der Waals surface area contributed by atoms with Crippen LogP contribution in [0.1, 0.15) is 20.7 Å². The van der Waals surface area contributed by atoms with E-state index in [1.807, 2.05) is 0 Å². The predicted octanol–water partition coefficient (Wildman–Crippen LogP) is 3.54. The van der Waals surface area contributed by atoms with Crippen molar-refractivity contribution in [3.8, 4) is 0 Å². The third-order valence-corrected chi connectivity index (χ3v) is 2.95. The van der Waals surface area contributed by atoms with E-state index in [2.05, 4.69) is 21.2 Å². The summed E-state index contributed by atoms with van der Waals surface area (Å²) >= 11 is 3.10. The van der Waals surface area contributed by atoms with Gasteiger partial charge in [-0.2, -0.15) is 0 Å². The van der Waals surface area contributed by atoms with E-state index in [0.29, 0.717) is 10.2 Å². The van der Waals surface area contributed by atoms with Crippen LogP contribution < -0.4 is 5.32 Å². The molecule has 0 aromatic heterocycles. The van der Waals surface area contributed by atoms with E-state index in [4.69, 9.17) is 5.11 Å². The molecular weight excluding hydrogens is 329 g/mol. The maximum absolute atomic E-state index is 13.2. The fraction of sp³-hybridized carbons (Fsp3) is 0. The van der Waals surface area contributed by atoms with Crippen molar-refractivity contribution in [3.63, 3.8) is 0 Å². The van der Waals surface area contributed by atoms with Crippen LogP contribution in [0.2, 0.25) is 0 Å². The molecule has 2 rings (SSSR count). The summed E-state index contributed by atoms with van der Waals surface area (Å²) in [5.41, 5.74) is 0.524. The zero-order valence-corrected chi connectivity index (χ0v) is 11.6. The number of carboxylic acids is 1. The van der Waals surface area contributed by atoms with Crippen molar-refractivity contribution in [3.05, 3.63) is 63.9 Å². The SMILES string of the molecule is O=C(O)c1cccc(NC(=O)c2cc(F)cc(Br)c2)c1. The number of benzene rings is 2. The number of carbonyl (C=O) groups excluding carboxylic acids is 1. The molecule has 0 radical (unpaired) electrons. The lowest BCUT2D eigenvalue weighted by Crippen LogP contribution is -2.12. The summed E-state index contributed by atoms with van der Waals surface area (Å²) in [7, 11) is 0. The largest absolute Gasteiger partial charge is 0.478 e. The molecule has 20 heavy (non-hydrogen) atoms. The molecule has 0 unspecified atom stereocenters. The highest BCUT2D eigenvalue weighted by molar-refractivity contribution is 9.10. The highest BCUT2D eigenvalue weighted by Crippen LogP contribution is 2.17. The minimum absolute atomic E-state index is 0.0585. The first-order valence-corrected chi connectivity index (χ1v) is 6.36. The average Bonchev–Trinajstić information content (AvgIpc) is 2.37. The van der Waals surface area contributed by atoms with Crippen molar-refractivity contribution in [2.75, 3.05) is 5.32 Å². The fourth-order valence-corrected chi connectivity index (χ4v) is 2.08. The van der Waals surface area contributed by atoms with E-state index in [-0.39, 0.29) is 11.1 Å². The van der Waals surface area contributed by atoms with Crippen molar-refractivity contribution in [2.24, 2.45) is 0 Å². The Labute approximate surface area is 122 Å². The van der Waals surface area contributed by atoms with E-state index < -0.39 is 17.7 Å². The van der Waals surface area contributed by atoms with Gasteiger partial charge in [-0.25, -0.2) is 9.18 Å². The van der Waals surface area contributed by atoms with Gasteiger partial charge in [-0.1, -0.05) is 22.0 Å². The lowest BCUT2D eigenvalue weighted by atomic mass is 10.1. The van der Waals surface area contributed by atoms with Gasteiger partial charge in [0.15, 0.2) is 0 Å². The molecule has 4 nitrogen and oxygen atoms in total. The molecule has 6 heteroatoms.